The van der Waals surface area contributed by atoms with Crippen LogP contribution in [-0.2, 0) is 0 Å². The van der Waals surface area contributed by atoms with Gasteiger partial charge in [0.1, 0.15) is 0 Å². The number of nitrogens with one attached hydrogen (secondary N) is 4. The predicted octanol–water partition coefficient (Wildman–Crippen LogP) is 1.50. The van der Waals surface area contributed by atoms with Crippen molar-refractivity contribution in [2.45, 2.75) is 0 Å². The van der Waals surface area contributed by atoms with Crippen molar-refractivity contribution in [1.29, 1.82) is 0 Å². The number of carbonyl (C=O) groups is 2. The van der Waals surface area contributed by atoms with E-state index in [1.165, 1.54) is 0 Å². The van der Waals surface area contributed by atoms with Crippen LogP contribution < -0.4 is 10.6 Å². The summed E-state index contributed by atoms with van der Waals surface area (Å²) in [6.45, 7) is 0. The molecule has 0 aliphatic carbocycles. The zero-order valence-corrected chi connectivity index (χ0v) is 11.2. The predicted molar refractivity (Wildman–Crippen MR) is 78.2 cm³/mol. The molecule has 0 spiro atoms. The fraction of sp³-hybridized carbons (Fsp3) is 0.0714. The van der Waals surface area contributed by atoms with Crippen molar-refractivity contribution in [3.05, 3.63) is 47.9 Å². The molecule has 0 aliphatic rings. The second-order valence-electron chi connectivity index (χ2n) is 4.47. The molecule has 3 aromatic rings. The van der Waals surface area contributed by atoms with Gasteiger partial charge in [0.2, 0.25) is 0 Å². The summed E-state index contributed by atoms with van der Waals surface area (Å²) in [7, 11) is 1.54. The van der Waals surface area contributed by atoms with Crippen molar-refractivity contribution in [2.75, 3.05) is 12.4 Å². The normalized spacial score (nSPS) is 10.5. The number of aromatic amines is 2. The van der Waals surface area contributed by atoms with Crippen LogP contribution in [0.5, 0.6) is 0 Å². The van der Waals surface area contributed by atoms with Gasteiger partial charge in [-0.25, -0.2) is 0 Å². The van der Waals surface area contributed by atoms with E-state index in [2.05, 4.69) is 25.8 Å². The molecular formula is C14H13N5O2. The number of benzene rings is 1. The molecule has 106 valence electrons. The van der Waals surface area contributed by atoms with Gasteiger partial charge < -0.3 is 15.6 Å². The number of carbonyl (C=O) groups excluding carboxylic acids is 2. The molecular weight excluding hydrogens is 270 g/mol. The second-order valence-corrected chi connectivity index (χ2v) is 4.47. The molecule has 0 atom stereocenters. The van der Waals surface area contributed by atoms with Gasteiger partial charge in [0.15, 0.2) is 5.69 Å². The quantitative estimate of drug-likeness (QED) is 0.585. The molecule has 7 heteroatoms. The molecule has 0 radical (unpaired) electrons. The van der Waals surface area contributed by atoms with Crippen molar-refractivity contribution >= 4 is 28.4 Å². The molecule has 2 aromatic heterocycles. The summed E-state index contributed by atoms with van der Waals surface area (Å²) in [5.74, 6) is -0.504. The van der Waals surface area contributed by atoms with E-state index in [9.17, 15) is 9.59 Å². The van der Waals surface area contributed by atoms with Gasteiger partial charge in [-0.1, -0.05) is 0 Å². The highest BCUT2D eigenvalue weighted by molar-refractivity contribution is 6.08. The molecule has 0 aliphatic heterocycles. The van der Waals surface area contributed by atoms with E-state index < -0.39 is 0 Å². The van der Waals surface area contributed by atoms with E-state index in [1.54, 1.807) is 43.7 Å². The minimum absolute atomic E-state index is 0.222. The Balaban J connectivity index is 1.93. The van der Waals surface area contributed by atoms with Crippen LogP contribution >= 0.6 is 0 Å². The number of anilines is 1. The number of aromatic nitrogens is 3. The molecule has 7 nitrogen and oxygen atoms in total. The summed E-state index contributed by atoms with van der Waals surface area (Å²) in [6.07, 6.45) is 3.29. The van der Waals surface area contributed by atoms with Crippen molar-refractivity contribution in [3.8, 4) is 0 Å². The Morgan fingerprint density at radius 2 is 2.05 bits per heavy atom. The van der Waals surface area contributed by atoms with Gasteiger partial charge in [0.05, 0.1) is 11.1 Å². The second kappa shape index (κ2) is 5.12. The Labute approximate surface area is 119 Å². The summed E-state index contributed by atoms with van der Waals surface area (Å²) in [6, 6.07) is 6.91. The topological polar surface area (TPSA) is 103 Å². The van der Waals surface area contributed by atoms with E-state index in [0.717, 1.165) is 5.52 Å². The summed E-state index contributed by atoms with van der Waals surface area (Å²) in [5, 5.41) is 12.7. The molecule has 21 heavy (non-hydrogen) atoms. The third kappa shape index (κ3) is 2.36. The fourth-order valence-electron chi connectivity index (χ4n) is 2.05. The maximum Gasteiger partial charge on any atom is 0.272 e. The first-order chi connectivity index (χ1) is 10.2. The summed E-state index contributed by atoms with van der Waals surface area (Å²) < 4.78 is 0. The van der Waals surface area contributed by atoms with Crippen LogP contribution in [0.2, 0.25) is 0 Å². The molecule has 2 heterocycles. The average Bonchev–Trinajstić information content (AvgIpc) is 3.15. The van der Waals surface area contributed by atoms with Gasteiger partial charge >= 0.3 is 0 Å². The van der Waals surface area contributed by atoms with E-state index in [-0.39, 0.29) is 11.8 Å². The first kappa shape index (κ1) is 12.9. The summed E-state index contributed by atoms with van der Waals surface area (Å²) in [4.78, 5) is 26.5. The SMILES string of the molecule is CNC(=O)c1n[nH]c2ccc(NC(=O)c3cc[nH]c3)cc12. The van der Waals surface area contributed by atoms with E-state index in [4.69, 9.17) is 0 Å². The molecule has 0 bridgehead atoms. The fourth-order valence-corrected chi connectivity index (χ4v) is 2.05. The van der Waals surface area contributed by atoms with E-state index in [0.29, 0.717) is 22.3 Å². The zero-order chi connectivity index (χ0) is 14.8. The zero-order valence-electron chi connectivity index (χ0n) is 11.2. The van der Waals surface area contributed by atoms with Gasteiger partial charge in [-0.15, -0.1) is 0 Å². The lowest BCUT2D eigenvalue weighted by atomic mass is 10.1. The number of hydrogen-bond donors (Lipinski definition) is 4. The Hall–Kier alpha value is -3.09. The van der Waals surface area contributed by atoms with Crippen LogP contribution in [0.15, 0.2) is 36.7 Å². The van der Waals surface area contributed by atoms with Gasteiger partial charge in [-0.2, -0.15) is 5.10 Å². The van der Waals surface area contributed by atoms with Crippen molar-refractivity contribution < 1.29 is 9.59 Å². The minimum Gasteiger partial charge on any atom is -0.367 e. The molecule has 3 rings (SSSR count). The average molecular weight is 283 g/mol. The van der Waals surface area contributed by atoms with Crippen molar-refractivity contribution in [2.24, 2.45) is 0 Å². The van der Waals surface area contributed by atoms with E-state index >= 15 is 0 Å². The van der Waals surface area contributed by atoms with Crippen LogP contribution in [0, 0.1) is 0 Å². The largest absolute Gasteiger partial charge is 0.367 e. The molecule has 0 fully saturated rings. The molecule has 4 N–H and O–H groups in total. The standard InChI is InChI=1S/C14H13N5O2/c1-15-14(21)12-10-6-9(2-3-11(10)18-19-12)17-13(20)8-4-5-16-7-8/h2-7,16H,1H3,(H,15,21)(H,17,20)(H,18,19). The maximum absolute atomic E-state index is 12.0. The molecule has 0 unspecified atom stereocenters. The lowest BCUT2D eigenvalue weighted by Gasteiger charge is -2.04. The van der Waals surface area contributed by atoms with Crippen molar-refractivity contribution in [1.82, 2.24) is 20.5 Å². The van der Waals surface area contributed by atoms with Crippen LogP contribution in [0.3, 0.4) is 0 Å². The number of nitrogens with zero attached hydrogens (tertiary/aromatic N) is 1. The Kier molecular flexibility index (Phi) is 3.15. The Bertz CT molecular complexity index is 804. The highest BCUT2D eigenvalue weighted by Gasteiger charge is 2.14. The van der Waals surface area contributed by atoms with Crippen LogP contribution in [0.4, 0.5) is 5.69 Å². The molecule has 0 saturated carbocycles. The molecule has 0 saturated heterocycles. The van der Waals surface area contributed by atoms with Crippen LogP contribution in [0.1, 0.15) is 20.8 Å². The Morgan fingerprint density at radius 3 is 2.76 bits per heavy atom. The summed E-state index contributed by atoms with van der Waals surface area (Å²) in [5.41, 5.74) is 2.16. The van der Waals surface area contributed by atoms with Gasteiger partial charge in [0.25, 0.3) is 11.8 Å². The third-order valence-electron chi connectivity index (χ3n) is 3.12. The number of hydrogen-bond acceptors (Lipinski definition) is 3. The van der Waals surface area contributed by atoms with Gasteiger partial charge in [0, 0.05) is 30.5 Å². The molecule has 2 amide bonds. The van der Waals surface area contributed by atoms with Crippen molar-refractivity contribution in [3.63, 3.8) is 0 Å². The Morgan fingerprint density at radius 1 is 1.19 bits per heavy atom. The minimum atomic E-state index is -0.282. The number of fused-ring (bicyclic) bond motifs is 1. The monoisotopic (exact) mass is 283 g/mol. The van der Waals surface area contributed by atoms with Crippen LogP contribution in [0.25, 0.3) is 10.9 Å². The van der Waals surface area contributed by atoms with Gasteiger partial charge in [-0.3, -0.25) is 14.7 Å². The van der Waals surface area contributed by atoms with Gasteiger partial charge in [-0.05, 0) is 24.3 Å². The molecule has 1 aromatic carbocycles. The third-order valence-corrected chi connectivity index (χ3v) is 3.12. The number of rotatable bonds is 3. The summed E-state index contributed by atoms with van der Waals surface area (Å²) >= 11 is 0. The highest BCUT2D eigenvalue weighted by Crippen LogP contribution is 2.21. The van der Waals surface area contributed by atoms with E-state index in [1.807, 2.05) is 0 Å². The lowest BCUT2D eigenvalue weighted by Crippen LogP contribution is -2.18. The maximum atomic E-state index is 12.0. The van der Waals surface area contributed by atoms with Crippen LogP contribution in [-0.4, -0.2) is 34.0 Å². The highest BCUT2D eigenvalue weighted by atomic mass is 16.2. The number of amides is 2. The number of H-pyrrole nitrogens is 2. The first-order valence-corrected chi connectivity index (χ1v) is 6.33. The smallest absolute Gasteiger partial charge is 0.272 e. The first-order valence-electron chi connectivity index (χ1n) is 6.33. The lowest BCUT2D eigenvalue weighted by molar-refractivity contribution is 0.0959.